The molecule has 0 aliphatic carbocycles. The molecule has 3 aromatic rings. The maximum absolute atomic E-state index is 14.2. The lowest BCUT2D eigenvalue weighted by atomic mass is 10.1. The summed E-state index contributed by atoms with van der Waals surface area (Å²) < 4.78 is 26.8. The van der Waals surface area contributed by atoms with Crippen molar-refractivity contribution >= 4 is 34.9 Å². The van der Waals surface area contributed by atoms with Crippen LogP contribution in [0.5, 0.6) is 5.75 Å². The number of nitrogens with zero attached hydrogens (tertiary/aromatic N) is 4. The molecule has 3 heterocycles. The smallest absolute Gasteiger partial charge is 0.346 e. The summed E-state index contributed by atoms with van der Waals surface area (Å²) in [7, 11) is 0. The maximum atomic E-state index is 14.2. The molecule has 1 atom stereocenters. The summed E-state index contributed by atoms with van der Waals surface area (Å²) in [5.74, 6) is -0.187. The Bertz CT molecular complexity index is 1100. The summed E-state index contributed by atoms with van der Waals surface area (Å²) in [6, 6.07) is 4.50. The second-order valence-electron chi connectivity index (χ2n) is 6.69. The number of hydrogen-bond donors (Lipinski definition) is 1. The molecule has 1 aliphatic rings. The van der Waals surface area contributed by atoms with Gasteiger partial charge in [-0.2, -0.15) is 0 Å². The molecule has 8 nitrogen and oxygen atoms in total. The molecule has 0 spiro atoms. The highest BCUT2D eigenvalue weighted by molar-refractivity contribution is 6.31. The van der Waals surface area contributed by atoms with Crippen LogP contribution in [0.3, 0.4) is 0 Å². The maximum Gasteiger partial charge on any atom is 0.346 e. The van der Waals surface area contributed by atoms with Crippen LogP contribution >= 0.6 is 11.6 Å². The zero-order valence-corrected chi connectivity index (χ0v) is 16.6. The number of hydrogen-bond acceptors (Lipinski definition) is 7. The Morgan fingerprint density at radius 3 is 2.93 bits per heavy atom. The number of rotatable bonds is 1. The Balaban J connectivity index is 1.90. The number of cyclic esters (lactones) is 1. The van der Waals surface area contributed by atoms with Gasteiger partial charge in [0.1, 0.15) is 35.7 Å². The molecule has 0 saturated carbocycles. The van der Waals surface area contributed by atoms with E-state index in [-0.39, 0.29) is 35.2 Å². The fourth-order valence-corrected chi connectivity index (χ4v) is 3.42. The molecule has 10 heteroatoms. The van der Waals surface area contributed by atoms with Crippen LogP contribution in [0, 0.1) is 5.82 Å². The first-order valence-electron chi connectivity index (χ1n) is 9.09. The number of esters is 1. The average molecular weight is 420 g/mol. The van der Waals surface area contributed by atoms with Gasteiger partial charge in [0, 0.05) is 24.8 Å². The zero-order chi connectivity index (χ0) is 20.7. The molecule has 0 amide bonds. The lowest BCUT2D eigenvalue weighted by molar-refractivity contribution is 0.0343. The predicted molar refractivity (Wildman–Crippen MR) is 106 cm³/mol. The van der Waals surface area contributed by atoms with Crippen LogP contribution in [0.25, 0.3) is 5.65 Å². The number of fused-ring (bicyclic) bond motifs is 2. The van der Waals surface area contributed by atoms with Crippen LogP contribution in [0.4, 0.5) is 16.0 Å². The first kappa shape index (κ1) is 19.3. The van der Waals surface area contributed by atoms with E-state index in [0.29, 0.717) is 23.7 Å². The SMILES string of the molecule is CCN1Cc2c(ccc(F)c2Cl)O[C@@H](C)COC(=O)c2c(N)nn3ccc1nc23. The standard InChI is InChI=1S/C19H19ClFN5O3/c1-3-25-8-11-13(5-4-12(21)16(11)20)29-10(2)9-28-19(27)15-17(22)24-26-7-6-14(25)23-18(15)26/h4-7,10H,3,8-9H2,1-2H3,(H2,22,24)/t10-/m0/s1. The normalized spacial score (nSPS) is 17.2. The Morgan fingerprint density at radius 1 is 1.38 bits per heavy atom. The molecule has 1 aliphatic heterocycles. The fraction of sp³-hybridized carbons (Fsp3) is 0.316. The number of benzene rings is 1. The van der Waals surface area contributed by atoms with Gasteiger partial charge in [-0.05, 0) is 32.0 Å². The number of aromatic nitrogens is 3. The van der Waals surface area contributed by atoms with E-state index >= 15 is 0 Å². The number of nitrogen functional groups attached to an aromatic ring is 1. The van der Waals surface area contributed by atoms with E-state index in [9.17, 15) is 9.18 Å². The molecule has 4 rings (SSSR count). The van der Waals surface area contributed by atoms with Gasteiger partial charge >= 0.3 is 5.97 Å². The number of nitrogens with two attached hydrogens (primary N) is 1. The number of ether oxygens (including phenoxy) is 2. The highest BCUT2D eigenvalue weighted by atomic mass is 35.5. The van der Waals surface area contributed by atoms with Gasteiger partial charge in [-0.3, -0.25) is 0 Å². The van der Waals surface area contributed by atoms with Crippen LogP contribution < -0.4 is 15.4 Å². The molecular formula is C19H19ClFN5O3. The average Bonchev–Trinajstić information content (AvgIpc) is 3.03. The van der Waals surface area contributed by atoms with E-state index in [1.54, 1.807) is 19.2 Å². The van der Waals surface area contributed by atoms with E-state index in [1.807, 2.05) is 11.8 Å². The molecule has 152 valence electrons. The Kier molecular flexibility index (Phi) is 4.91. The Morgan fingerprint density at radius 2 is 2.17 bits per heavy atom. The van der Waals surface area contributed by atoms with E-state index in [1.165, 1.54) is 16.6 Å². The highest BCUT2D eigenvalue weighted by Crippen LogP contribution is 2.33. The summed E-state index contributed by atoms with van der Waals surface area (Å²) in [4.78, 5) is 19.1. The van der Waals surface area contributed by atoms with Gasteiger partial charge in [-0.15, -0.1) is 5.10 Å². The third-order valence-corrected chi connectivity index (χ3v) is 5.10. The van der Waals surface area contributed by atoms with Crippen LogP contribution in [0.15, 0.2) is 24.4 Å². The largest absolute Gasteiger partial charge is 0.487 e. The van der Waals surface area contributed by atoms with Gasteiger partial charge in [0.25, 0.3) is 0 Å². The minimum Gasteiger partial charge on any atom is -0.487 e. The van der Waals surface area contributed by atoms with Gasteiger partial charge in [0.05, 0.1) is 5.02 Å². The van der Waals surface area contributed by atoms with Crippen LogP contribution in [-0.4, -0.2) is 39.8 Å². The van der Waals surface area contributed by atoms with Crippen molar-refractivity contribution in [2.75, 3.05) is 23.8 Å². The Labute approximate surface area is 171 Å². The van der Waals surface area contributed by atoms with E-state index in [0.717, 1.165) is 0 Å². The third-order valence-electron chi connectivity index (χ3n) is 4.69. The lowest BCUT2D eigenvalue weighted by Gasteiger charge is -2.25. The van der Waals surface area contributed by atoms with Gasteiger partial charge in [-0.1, -0.05) is 11.6 Å². The molecule has 2 N–H and O–H groups in total. The number of anilines is 2. The second-order valence-corrected chi connectivity index (χ2v) is 7.07. The van der Waals surface area contributed by atoms with Crippen molar-refractivity contribution in [2.24, 2.45) is 0 Å². The minimum atomic E-state index is -0.641. The monoisotopic (exact) mass is 419 g/mol. The van der Waals surface area contributed by atoms with Crippen molar-refractivity contribution in [1.29, 1.82) is 0 Å². The van der Waals surface area contributed by atoms with E-state index in [4.69, 9.17) is 26.8 Å². The quantitative estimate of drug-likeness (QED) is 0.605. The summed E-state index contributed by atoms with van der Waals surface area (Å²) in [6.45, 7) is 4.43. The van der Waals surface area contributed by atoms with Gasteiger partial charge in [-0.25, -0.2) is 18.7 Å². The van der Waals surface area contributed by atoms with Crippen molar-refractivity contribution < 1.29 is 18.7 Å². The van der Waals surface area contributed by atoms with Gasteiger partial charge < -0.3 is 20.1 Å². The number of carbonyl (C=O) groups is 1. The molecule has 2 bridgehead atoms. The van der Waals surface area contributed by atoms with E-state index in [2.05, 4.69) is 10.1 Å². The van der Waals surface area contributed by atoms with Crippen molar-refractivity contribution in [3.05, 3.63) is 46.4 Å². The fourth-order valence-electron chi connectivity index (χ4n) is 3.20. The first-order chi connectivity index (χ1) is 13.9. The summed E-state index contributed by atoms with van der Waals surface area (Å²) in [5.41, 5.74) is 6.79. The number of carbonyl (C=O) groups excluding carboxylic acids is 1. The molecule has 0 fully saturated rings. The van der Waals surface area contributed by atoms with Crippen LogP contribution in [0.2, 0.25) is 5.02 Å². The predicted octanol–water partition coefficient (Wildman–Crippen LogP) is 3.07. The van der Waals surface area contributed by atoms with Gasteiger partial charge in [0.15, 0.2) is 11.5 Å². The van der Waals surface area contributed by atoms with Crippen LogP contribution in [0.1, 0.15) is 29.8 Å². The van der Waals surface area contributed by atoms with Crippen molar-refractivity contribution in [3.8, 4) is 5.75 Å². The minimum absolute atomic E-state index is 0.0182. The van der Waals surface area contributed by atoms with Crippen molar-refractivity contribution in [1.82, 2.24) is 14.6 Å². The second kappa shape index (κ2) is 7.40. The van der Waals surface area contributed by atoms with E-state index < -0.39 is 17.9 Å². The van der Waals surface area contributed by atoms with Crippen molar-refractivity contribution in [2.45, 2.75) is 26.5 Å². The molecule has 0 radical (unpaired) electrons. The topological polar surface area (TPSA) is 95.0 Å². The Hall–Kier alpha value is -3.07. The highest BCUT2D eigenvalue weighted by Gasteiger charge is 2.25. The van der Waals surface area contributed by atoms with Crippen LogP contribution in [-0.2, 0) is 11.3 Å². The molecule has 0 saturated heterocycles. The lowest BCUT2D eigenvalue weighted by Crippen LogP contribution is -2.25. The molecule has 29 heavy (non-hydrogen) atoms. The molecule has 2 aromatic heterocycles. The third kappa shape index (κ3) is 3.42. The summed E-state index contributed by atoms with van der Waals surface area (Å²) in [6.07, 6.45) is 1.15. The van der Waals surface area contributed by atoms with Crippen molar-refractivity contribution in [3.63, 3.8) is 0 Å². The van der Waals surface area contributed by atoms with Gasteiger partial charge in [0.2, 0.25) is 0 Å². The molecular weight excluding hydrogens is 401 g/mol. The summed E-state index contributed by atoms with van der Waals surface area (Å²) >= 11 is 6.26. The number of halogens is 2. The molecule has 1 aromatic carbocycles. The molecule has 0 unspecified atom stereocenters. The first-order valence-corrected chi connectivity index (χ1v) is 9.47. The summed E-state index contributed by atoms with van der Waals surface area (Å²) in [5, 5.41) is 4.10. The zero-order valence-electron chi connectivity index (χ0n) is 15.9.